The van der Waals surface area contributed by atoms with Crippen molar-refractivity contribution in [2.24, 2.45) is 17.7 Å². The van der Waals surface area contributed by atoms with Crippen LogP contribution in [0.25, 0.3) is 0 Å². The highest BCUT2D eigenvalue weighted by atomic mass is 79.9. The molecule has 94 valence electrons. The van der Waals surface area contributed by atoms with E-state index in [2.05, 4.69) is 52.5 Å². The number of hydrogen-bond acceptors (Lipinski definition) is 2. The van der Waals surface area contributed by atoms with Crippen LogP contribution in [0.15, 0.2) is 28.7 Å². The Morgan fingerprint density at radius 3 is 2.88 bits per heavy atom. The third-order valence-electron chi connectivity index (χ3n) is 4.00. The minimum atomic E-state index is 0.404. The molecule has 2 rings (SSSR count). The fourth-order valence-corrected chi connectivity index (χ4v) is 3.47. The SMILES string of the molecule is CC1CCCC1C(Cc1cccc(Br)c1)NN. The Balaban J connectivity index is 2.04. The Bertz CT molecular complexity index is 367. The van der Waals surface area contributed by atoms with E-state index < -0.39 is 0 Å². The molecule has 3 heteroatoms. The molecule has 0 aliphatic heterocycles. The summed E-state index contributed by atoms with van der Waals surface area (Å²) in [7, 11) is 0. The molecule has 0 spiro atoms. The van der Waals surface area contributed by atoms with Crippen LogP contribution in [0.3, 0.4) is 0 Å². The summed E-state index contributed by atoms with van der Waals surface area (Å²) >= 11 is 3.52. The number of rotatable bonds is 4. The largest absolute Gasteiger partial charge is 0.271 e. The van der Waals surface area contributed by atoms with Crippen molar-refractivity contribution in [3.63, 3.8) is 0 Å². The van der Waals surface area contributed by atoms with Crippen molar-refractivity contribution in [3.8, 4) is 0 Å². The number of benzene rings is 1. The van der Waals surface area contributed by atoms with Crippen LogP contribution in [0, 0.1) is 11.8 Å². The molecule has 0 saturated heterocycles. The summed E-state index contributed by atoms with van der Waals surface area (Å²) < 4.78 is 1.14. The van der Waals surface area contributed by atoms with Gasteiger partial charge in [0.15, 0.2) is 0 Å². The number of nitrogens with one attached hydrogen (secondary N) is 1. The van der Waals surface area contributed by atoms with Gasteiger partial charge < -0.3 is 0 Å². The first kappa shape index (κ1) is 13.1. The van der Waals surface area contributed by atoms with Crippen molar-refractivity contribution < 1.29 is 0 Å². The van der Waals surface area contributed by atoms with Crippen LogP contribution in [0.4, 0.5) is 0 Å². The summed E-state index contributed by atoms with van der Waals surface area (Å²) in [5.74, 6) is 7.25. The fraction of sp³-hybridized carbons (Fsp3) is 0.571. The molecule has 3 atom stereocenters. The van der Waals surface area contributed by atoms with Gasteiger partial charge in [0.1, 0.15) is 0 Å². The van der Waals surface area contributed by atoms with E-state index in [9.17, 15) is 0 Å². The first-order valence-corrected chi connectivity index (χ1v) is 7.20. The topological polar surface area (TPSA) is 38.0 Å². The molecule has 0 heterocycles. The lowest BCUT2D eigenvalue weighted by molar-refractivity contribution is 0.297. The van der Waals surface area contributed by atoms with E-state index in [1.54, 1.807) is 0 Å². The van der Waals surface area contributed by atoms with Gasteiger partial charge in [-0.1, -0.05) is 47.8 Å². The van der Waals surface area contributed by atoms with Gasteiger partial charge in [0.25, 0.3) is 0 Å². The second-order valence-corrected chi connectivity index (χ2v) is 6.09. The van der Waals surface area contributed by atoms with Crippen LogP contribution in [0.2, 0.25) is 0 Å². The van der Waals surface area contributed by atoms with Gasteiger partial charge in [0, 0.05) is 10.5 Å². The molecule has 0 radical (unpaired) electrons. The zero-order valence-corrected chi connectivity index (χ0v) is 11.9. The number of halogens is 1. The lowest BCUT2D eigenvalue weighted by atomic mass is 9.87. The van der Waals surface area contributed by atoms with E-state index in [0.29, 0.717) is 6.04 Å². The van der Waals surface area contributed by atoms with E-state index in [0.717, 1.165) is 22.7 Å². The number of hydrogen-bond donors (Lipinski definition) is 2. The Labute approximate surface area is 112 Å². The highest BCUT2D eigenvalue weighted by Crippen LogP contribution is 2.34. The van der Waals surface area contributed by atoms with Gasteiger partial charge in [-0.3, -0.25) is 11.3 Å². The van der Waals surface area contributed by atoms with Gasteiger partial charge in [0.2, 0.25) is 0 Å². The summed E-state index contributed by atoms with van der Waals surface area (Å²) in [6, 6.07) is 8.91. The van der Waals surface area contributed by atoms with Crippen molar-refractivity contribution in [2.45, 2.75) is 38.6 Å². The Morgan fingerprint density at radius 2 is 2.29 bits per heavy atom. The van der Waals surface area contributed by atoms with E-state index in [4.69, 9.17) is 5.84 Å². The Hall–Kier alpha value is -0.380. The summed E-state index contributed by atoms with van der Waals surface area (Å²) in [5, 5.41) is 0. The average Bonchev–Trinajstić information content (AvgIpc) is 2.72. The molecular weight excluding hydrogens is 276 g/mol. The molecule has 1 aliphatic rings. The maximum absolute atomic E-state index is 5.74. The zero-order chi connectivity index (χ0) is 12.3. The van der Waals surface area contributed by atoms with Crippen molar-refractivity contribution in [3.05, 3.63) is 34.3 Å². The van der Waals surface area contributed by atoms with Crippen molar-refractivity contribution in [1.82, 2.24) is 5.43 Å². The minimum Gasteiger partial charge on any atom is -0.271 e. The van der Waals surface area contributed by atoms with Crippen LogP contribution in [-0.4, -0.2) is 6.04 Å². The van der Waals surface area contributed by atoms with Gasteiger partial charge in [-0.15, -0.1) is 0 Å². The van der Waals surface area contributed by atoms with Crippen molar-refractivity contribution >= 4 is 15.9 Å². The molecule has 1 aliphatic carbocycles. The first-order valence-electron chi connectivity index (χ1n) is 6.41. The van der Waals surface area contributed by atoms with Crippen molar-refractivity contribution in [2.75, 3.05) is 0 Å². The standard InChI is InChI=1S/C14H21BrN2/c1-10-4-2-7-13(10)14(17-16)9-11-5-3-6-12(15)8-11/h3,5-6,8,10,13-14,17H,2,4,7,9,16H2,1H3. The predicted molar refractivity (Wildman–Crippen MR) is 75.5 cm³/mol. The zero-order valence-electron chi connectivity index (χ0n) is 10.3. The molecular formula is C14H21BrN2. The maximum Gasteiger partial charge on any atom is 0.0281 e. The molecule has 3 N–H and O–H groups in total. The lowest BCUT2D eigenvalue weighted by Crippen LogP contribution is -2.43. The maximum atomic E-state index is 5.74. The van der Waals surface area contributed by atoms with E-state index in [-0.39, 0.29) is 0 Å². The van der Waals surface area contributed by atoms with Gasteiger partial charge >= 0.3 is 0 Å². The van der Waals surface area contributed by atoms with Gasteiger partial charge in [-0.05, 0) is 42.4 Å². The highest BCUT2D eigenvalue weighted by molar-refractivity contribution is 9.10. The van der Waals surface area contributed by atoms with E-state index >= 15 is 0 Å². The molecule has 2 nitrogen and oxygen atoms in total. The average molecular weight is 297 g/mol. The van der Waals surface area contributed by atoms with Crippen LogP contribution in [0.5, 0.6) is 0 Å². The smallest absolute Gasteiger partial charge is 0.0281 e. The molecule has 1 aromatic rings. The molecule has 1 fully saturated rings. The quantitative estimate of drug-likeness (QED) is 0.661. The minimum absolute atomic E-state index is 0.404. The molecule has 0 bridgehead atoms. The summed E-state index contributed by atoms with van der Waals surface area (Å²) in [5.41, 5.74) is 4.38. The van der Waals surface area contributed by atoms with Crippen LogP contribution in [0.1, 0.15) is 31.7 Å². The molecule has 1 aromatic carbocycles. The Morgan fingerprint density at radius 1 is 1.47 bits per heavy atom. The third-order valence-corrected chi connectivity index (χ3v) is 4.50. The second kappa shape index (κ2) is 5.98. The van der Waals surface area contributed by atoms with E-state index in [1.165, 1.54) is 24.8 Å². The molecule has 3 unspecified atom stereocenters. The van der Waals surface area contributed by atoms with Crippen LogP contribution in [-0.2, 0) is 6.42 Å². The van der Waals surface area contributed by atoms with Crippen LogP contribution >= 0.6 is 15.9 Å². The van der Waals surface area contributed by atoms with E-state index in [1.807, 2.05) is 0 Å². The van der Waals surface area contributed by atoms with Gasteiger partial charge in [-0.2, -0.15) is 0 Å². The second-order valence-electron chi connectivity index (χ2n) is 5.18. The fourth-order valence-electron chi connectivity index (χ4n) is 3.02. The Kier molecular flexibility index (Phi) is 4.60. The molecule has 0 amide bonds. The summed E-state index contributed by atoms with van der Waals surface area (Å²) in [4.78, 5) is 0. The van der Waals surface area contributed by atoms with Gasteiger partial charge in [0.05, 0.1) is 0 Å². The lowest BCUT2D eigenvalue weighted by Gasteiger charge is -2.26. The molecule has 17 heavy (non-hydrogen) atoms. The molecule has 1 saturated carbocycles. The number of hydrazine groups is 1. The summed E-state index contributed by atoms with van der Waals surface area (Å²) in [6.45, 7) is 2.35. The highest BCUT2D eigenvalue weighted by Gasteiger charge is 2.30. The van der Waals surface area contributed by atoms with Crippen LogP contribution < -0.4 is 11.3 Å². The number of nitrogens with two attached hydrogens (primary N) is 1. The predicted octanol–water partition coefficient (Wildman–Crippen LogP) is 3.26. The van der Waals surface area contributed by atoms with Crippen molar-refractivity contribution in [1.29, 1.82) is 0 Å². The summed E-state index contributed by atoms with van der Waals surface area (Å²) in [6.07, 6.45) is 5.03. The first-order chi connectivity index (χ1) is 8.20. The monoisotopic (exact) mass is 296 g/mol. The third kappa shape index (κ3) is 3.30. The normalized spacial score (nSPS) is 26.1. The molecule has 0 aromatic heterocycles. The van der Waals surface area contributed by atoms with Gasteiger partial charge in [-0.25, -0.2) is 0 Å².